The van der Waals surface area contributed by atoms with E-state index in [4.69, 9.17) is 21.1 Å². The van der Waals surface area contributed by atoms with Crippen LogP contribution < -0.4 is 15.0 Å². The van der Waals surface area contributed by atoms with Crippen molar-refractivity contribution in [2.75, 3.05) is 13.7 Å². The van der Waals surface area contributed by atoms with E-state index in [1.165, 1.54) is 48.3 Å². The number of methoxy groups -OCH3 is 1. The molecule has 1 unspecified atom stereocenters. The number of ketones is 1. The predicted molar refractivity (Wildman–Crippen MR) is 144 cm³/mol. The van der Waals surface area contributed by atoms with Gasteiger partial charge in [0, 0.05) is 41.0 Å². The van der Waals surface area contributed by atoms with Crippen LogP contribution >= 0.6 is 11.6 Å². The third-order valence-corrected chi connectivity index (χ3v) is 6.42. The summed E-state index contributed by atoms with van der Waals surface area (Å²) in [6, 6.07) is 7.83. The molecule has 0 aliphatic carbocycles. The van der Waals surface area contributed by atoms with Crippen LogP contribution in [0.1, 0.15) is 42.4 Å². The summed E-state index contributed by atoms with van der Waals surface area (Å²) in [4.78, 5) is 42.8. The molecule has 12 heteroatoms. The lowest BCUT2D eigenvalue weighted by molar-refractivity contribution is -0.121. The SMILES string of the molecule is CCOC(=O)c1cn2cc(CC(=O)C(CC)n3cc(OC)c(-c4cc(Cl)ccc4OC(F)F)cc3=O)ccc2n1. The quantitative estimate of drug-likeness (QED) is 0.222. The maximum atomic E-state index is 13.4. The Morgan fingerprint density at radius 3 is 2.45 bits per heavy atom. The van der Waals surface area contributed by atoms with Crippen molar-refractivity contribution in [1.82, 2.24) is 14.0 Å². The Labute approximate surface area is 232 Å². The second kappa shape index (κ2) is 12.3. The fraction of sp³-hybridized carbons (Fsp3) is 0.286. The van der Waals surface area contributed by atoms with Gasteiger partial charge in [0.2, 0.25) is 0 Å². The summed E-state index contributed by atoms with van der Waals surface area (Å²) in [5.74, 6) is -0.802. The summed E-state index contributed by atoms with van der Waals surface area (Å²) in [6.07, 6.45) is 4.89. The second-order valence-electron chi connectivity index (χ2n) is 8.74. The van der Waals surface area contributed by atoms with Gasteiger partial charge in [0.25, 0.3) is 5.56 Å². The molecule has 0 aliphatic heterocycles. The van der Waals surface area contributed by atoms with E-state index in [9.17, 15) is 23.2 Å². The zero-order valence-electron chi connectivity index (χ0n) is 21.9. The molecule has 210 valence electrons. The number of rotatable bonds is 11. The number of benzene rings is 1. The summed E-state index contributed by atoms with van der Waals surface area (Å²) in [5, 5.41) is 0.244. The summed E-state index contributed by atoms with van der Waals surface area (Å²) in [5.41, 5.74) is 1.10. The van der Waals surface area contributed by atoms with Crippen molar-refractivity contribution in [3.8, 4) is 22.6 Å². The number of aromatic nitrogens is 3. The molecule has 40 heavy (non-hydrogen) atoms. The number of Topliss-reactive ketones (excluding diaryl/α,β-unsaturated/α-hetero) is 1. The van der Waals surface area contributed by atoms with Crippen LogP contribution in [0.5, 0.6) is 11.5 Å². The highest BCUT2D eigenvalue weighted by atomic mass is 35.5. The average Bonchev–Trinajstić information content (AvgIpc) is 3.34. The lowest BCUT2D eigenvalue weighted by Crippen LogP contribution is -2.30. The molecule has 0 saturated carbocycles. The number of esters is 1. The van der Waals surface area contributed by atoms with Gasteiger partial charge in [-0.2, -0.15) is 8.78 Å². The Kier molecular flexibility index (Phi) is 8.83. The van der Waals surface area contributed by atoms with E-state index >= 15 is 0 Å². The molecule has 1 aromatic carbocycles. The van der Waals surface area contributed by atoms with E-state index in [1.807, 2.05) is 0 Å². The van der Waals surface area contributed by atoms with Gasteiger partial charge in [-0.25, -0.2) is 9.78 Å². The molecule has 0 spiro atoms. The molecule has 9 nitrogen and oxygen atoms in total. The monoisotopic (exact) mass is 573 g/mol. The number of fused-ring (bicyclic) bond motifs is 1. The lowest BCUT2D eigenvalue weighted by Gasteiger charge is -2.20. The van der Waals surface area contributed by atoms with Crippen LogP contribution in [0.4, 0.5) is 8.78 Å². The van der Waals surface area contributed by atoms with Gasteiger partial charge in [-0.15, -0.1) is 0 Å². The van der Waals surface area contributed by atoms with Gasteiger partial charge in [-0.05, 0) is 43.2 Å². The highest BCUT2D eigenvalue weighted by molar-refractivity contribution is 6.31. The number of imidazole rings is 1. The van der Waals surface area contributed by atoms with E-state index in [0.29, 0.717) is 17.6 Å². The molecule has 0 N–H and O–H groups in total. The second-order valence-corrected chi connectivity index (χ2v) is 9.17. The highest BCUT2D eigenvalue weighted by Gasteiger charge is 2.24. The largest absolute Gasteiger partial charge is 0.495 e. The van der Waals surface area contributed by atoms with Crippen LogP contribution in [-0.2, 0) is 16.0 Å². The maximum Gasteiger partial charge on any atom is 0.387 e. The third-order valence-electron chi connectivity index (χ3n) is 6.18. The summed E-state index contributed by atoms with van der Waals surface area (Å²) < 4.78 is 44.0. The van der Waals surface area contributed by atoms with Gasteiger partial charge in [-0.3, -0.25) is 9.59 Å². The Morgan fingerprint density at radius 1 is 1.02 bits per heavy atom. The van der Waals surface area contributed by atoms with Crippen molar-refractivity contribution in [3.05, 3.63) is 81.6 Å². The number of carbonyl (C=O) groups excluding carboxylic acids is 2. The molecule has 1 atom stereocenters. The molecule has 4 rings (SSSR count). The molecular formula is C28H26ClF2N3O6. The first-order valence-electron chi connectivity index (χ1n) is 12.4. The molecule has 0 fully saturated rings. The van der Waals surface area contributed by atoms with Crippen LogP contribution in [0.2, 0.25) is 5.02 Å². The first-order chi connectivity index (χ1) is 19.1. The predicted octanol–water partition coefficient (Wildman–Crippen LogP) is 5.37. The minimum absolute atomic E-state index is 0.00145. The Balaban J connectivity index is 1.65. The first kappa shape index (κ1) is 28.8. The summed E-state index contributed by atoms with van der Waals surface area (Å²) in [6.45, 7) is 0.601. The Morgan fingerprint density at radius 2 is 1.77 bits per heavy atom. The molecule has 0 aliphatic rings. The fourth-order valence-electron chi connectivity index (χ4n) is 4.40. The van der Waals surface area contributed by atoms with Crippen LogP contribution in [0, 0.1) is 0 Å². The van der Waals surface area contributed by atoms with Gasteiger partial charge in [0.05, 0.1) is 26.0 Å². The standard InChI is InChI=1S/C28H26ClF2N3O6/c1-4-21(22(35)10-16-6-9-25-32-20(14-33(25)13-16)27(37)39-5-2)34-15-24(38-3)19(12-26(34)36)18-11-17(29)7-8-23(18)40-28(30)31/h6-9,11-15,21,28H,4-5,10H2,1-3H3. The van der Waals surface area contributed by atoms with Gasteiger partial charge >= 0.3 is 12.6 Å². The smallest absolute Gasteiger partial charge is 0.387 e. The van der Waals surface area contributed by atoms with Crippen LogP contribution in [0.15, 0.2) is 59.8 Å². The van der Waals surface area contributed by atoms with Gasteiger partial charge in [0.1, 0.15) is 17.1 Å². The number of alkyl halides is 2. The van der Waals surface area contributed by atoms with Gasteiger partial charge in [0.15, 0.2) is 11.5 Å². The summed E-state index contributed by atoms with van der Waals surface area (Å²) >= 11 is 6.09. The number of hydrogen-bond donors (Lipinski definition) is 0. The van der Waals surface area contributed by atoms with Gasteiger partial charge < -0.3 is 23.2 Å². The Hall–Kier alpha value is -4.25. The summed E-state index contributed by atoms with van der Waals surface area (Å²) in [7, 11) is 1.36. The Bertz CT molecular complexity index is 1620. The van der Waals surface area contributed by atoms with E-state index < -0.39 is 24.2 Å². The number of carbonyl (C=O) groups is 2. The van der Waals surface area contributed by atoms with E-state index in [1.54, 1.807) is 36.6 Å². The topological polar surface area (TPSA) is 101 Å². The molecule has 0 saturated heterocycles. The average molecular weight is 574 g/mol. The van der Waals surface area contributed by atoms with E-state index in [-0.39, 0.29) is 52.2 Å². The number of nitrogens with zero attached hydrogens (tertiary/aromatic N) is 3. The van der Waals surface area contributed by atoms with E-state index in [2.05, 4.69) is 9.72 Å². The molecule has 0 amide bonds. The number of pyridine rings is 2. The van der Waals surface area contributed by atoms with Crippen LogP contribution in [0.3, 0.4) is 0 Å². The molecule has 0 bridgehead atoms. The normalized spacial score (nSPS) is 12.0. The molecule has 3 heterocycles. The molecule has 3 aromatic heterocycles. The van der Waals surface area contributed by atoms with Crippen molar-refractivity contribution in [1.29, 1.82) is 0 Å². The minimum atomic E-state index is -3.09. The molecule has 0 radical (unpaired) electrons. The fourth-order valence-corrected chi connectivity index (χ4v) is 4.57. The van der Waals surface area contributed by atoms with E-state index in [0.717, 1.165) is 0 Å². The maximum absolute atomic E-state index is 13.4. The van der Waals surface area contributed by atoms with Gasteiger partial charge in [-0.1, -0.05) is 24.6 Å². The lowest BCUT2D eigenvalue weighted by atomic mass is 10.0. The number of hydrogen-bond acceptors (Lipinski definition) is 7. The number of halogens is 3. The number of ether oxygens (including phenoxy) is 3. The molecule has 4 aromatic rings. The zero-order valence-corrected chi connectivity index (χ0v) is 22.7. The van der Waals surface area contributed by atoms with Crippen LogP contribution in [-0.4, -0.2) is 46.0 Å². The van der Waals surface area contributed by atoms with Crippen molar-refractivity contribution < 1.29 is 32.6 Å². The van der Waals surface area contributed by atoms with Crippen molar-refractivity contribution >= 4 is 29.0 Å². The van der Waals surface area contributed by atoms with Crippen molar-refractivity contribution in [2.24, 2.45) is 0 Å². The molecular weight excluding hydrogens is 548 g/mol. The third kappa shape index (κ3) is 6.15. The van der Waals surface area contributed by atoms with Crippen molar-refractivity contribution in [3.63, 3.8) is 0 Å². The highest BCUT2D eigenvalue weighted by Crippen LogP contribution is 2.38. The van der Waals surface area contributed by atoms with Crippen LogP contribution in [0.25, 0.3) is 16.8 Å². The van der Waals surface area contributed by atoms with Crippen molar-refractivity contribution in [2.45, 2.75) is 39.3 Å². The zero-order chi connectivity index (χ0) is 29.0. The first-order valence-corrected chi connectivity index (χ1v) is 12.7. The minimum Gasteiger partial charge on any atom is -0.495 e.